The number of rotatable bonds is 6. The summed E-state index contributed by atoms with van der Waals surface area (Å²) in [5.41, 5.74) is 1.95. The molecule has 3 aromatic rings. The number of likely N-dealkylation sites (tertiary alicyclic amines) is 1. The fourth-order valence-electron chi connectivity index (χ4n) is 3.54. The highest BCUT2D eigenvalue weighted by Gasteiger charge is 2.25. The SMILES string of the molecule is O=C(NCc1ccccc1)C1CCN(Cc2nc(-c3cccc(Cl)c3)no2)CC1. The van der Waals surface area contributed by atoms with Crippen molar-refractivity contribution in [1.82, 2.24) is 20.4 Å². The van der Waals surface area contributed by atoms with Gasteiger partial charge in [0.05, 0.1) is 6.54 Å². The molecule has 1 amide bonds. The number of amides is 1. The van der Waals surface area contributed by atoms with Crippen LogP contribution in [0.2, 0.25) is 5.02 Å². The lowest BCUT2D eigenvalue weighted by molar-refractivity contribution is -0.126. The van der Waals surface area contributed by atoms with Gasteiger partial charge >= 0.3 is 0 Å². The van der Waals surface area contributed by atoms with Gasteiger partial charge in [0, 0.05) is 23.0 Å². The summed E-state index contributed by atoms with van der Waals surface area (Å²) >= 11 is 6.03. The lowest BCUT2D eigenvalue weighted by atomic mass is 9.96. The predicted octanol–water partition coefficient (Wildman–Crippen LogP) is 3.92. The Balaban J connectivity index is 1.25. The van der Waals surface area contributed by atoms with Crippen LogP contribution in [0.4, 0.5) is 0 Å². The van der Waals surface area contributed by atoms with E-state index in [0.29, 0.717) is 29.8 Å². The Bertz CT molecular complexity index is 952. The highest BCUT2D eigenvalue weighted by molar-refractivity contribution is 6.30. The van der Waals surface area contributed by atoms with Crippen molar-refractivity contribution in [1.29, 1.82) is 0 Å². The van der Waals surface area contributed by atoms with Crippen LogP contribution >= 0.6 is 11.6 Å². The van der Waals surface area contributed by atoms with Gasteiger partial charge in [-0.3, -0.25) is 9.69 Å². The monoisotopic (exact) mass is 410 g/mol. The van der Waals surface area contributed by atoms with E-state index in [-0.39, 0.29) is 11.8 Å². The minimum absolute atomic E-state index is 0.0552. The molecule has 1 N–H and O–H groups in total. The molecule has 0 saturated carbocycles. The highest BCUT2D eigenvalue weighted by atomic mass is 35.5. The predicted molar refractivity (Wildman–Crippen MR) is 111 cm³/mol. The molecule has 150 valence electrons. The van der Waals surface area contributed by atoms with E-state index >= 15 is 0 Å². The third-order valence-corrected chi connectivity index (χ3v) is 5.41. The Labute approximate surface area is 174 Å². The fourth-order valence-corrected chi connectivity index (χ4v) is 3.73. The summed E-state index contributed by atoms with van der Waals surface area (Å²) in [7, 11) is 0. The summed E-state index contributed by atoms with van der Waals surface area (Å²) in [6.45, 7) is 2.83. The number of carbonyl (C=O) groups excluding carboxylic acids is 1. The summed E-state index contributed by atoms with van der Waals surface area (Å²) in [4.78, 5) is 19.2. The van der Waals surface area contributed by atoms with Crippen molar-refractivity contribution in [3.8, 4) is 11.4 Å². The zero-order chi connectivity index (χ0) is 20.1. The zero-order valence-electron chi connectivity index (χ0n) is 16.1. The summed E-state index contributed by atoms with van der Waals surface area (Å²) < 4.78 is 5.40. The van der Waals surface area contributed by atoms with E-state index < -0.39 is 0 Å². The number of piperidine rings is 1. The zero-order valence-corrected chi connectivity index (χ0v) is 16.8. The van der Waals surface area contributed by atoms with Crippen molar-refractivity contribution in [2.75, 3.05) is 13.1 Å². The summed E-state index contributed by atoms with van der Waals surface area (Å²) in [6.07, 6.45) is 1.66. The molecule has 1 aliphatic heterocycles. The number of halogens is 1. The topological polar surface area (TPSA) is 71.3 Å². The van der Waals surface area contributed by atoms with Gasteiger partial charge < -0.3 is 9.84 Å². The largest absolute Gasteiger partial charge is 0.352 e. The van der Waals surface area contributed by atoms with Crippen LogP contribution in [-0.4, -0.2) is 34.0 Å². The maximum Gasteiger partial charge on any atom is 0.241 e. The molecule has 0 bridgehead atoms. The summed E-state index contributed by atoms with van der Waals surface area (Å²) in [6, 6.07) is 17.4. The number of nitrogens with zero attached hydrogens (tertiary/aromatic N) is 3. The molecule has 2 aromatic carbocycles. The van der Waals surface area contributed by atoms with Crippen molar-refractivity contribution < 1.29 is 9.32 Å². The van der Waals surface area contributed by atoms with Gasteiger partial charge in [-0.2, -0.15) is 4.98 Å². The first-order chi connectivity index (χ1) is 14.2. The van der Waals surface area contributed by atoms with Gasteiger partial charge in [0.25, 0.3) is 0 Å². The molecular formula is C22H23ClN4O2. The van der Waals surface area contributed by atoms with Gasteiger partial charge in [-0.25, -0.2) is 0 Å². The van der Waals surface area contributed by atoms with Crippen LogP contribution in [0.25, 0.3) is 11.4 Å². The molecule has 1 aromatic heterocycles. The molecule has 1 fully saturated rings. The second-order valence-electron chi connectivity index (χ2n) is 7.28. The van der Waals surface area contributed by atoms with Gasteiger partial charge in [0.15, 0.2) is 0 Å². The first-order valence-corrected chi connectivity index (χ1v) is 10.2. The van der Waals surface area contributed by atoms with Gasteiger partial charge in [-0.1, -0.05) is 59.2 Å². The van der Waals surface area contributed by atoms with Crippen LogP contribution in [0, 0.1) is 5.92 Å². The quantitative estimate of drug-likeness (QED) is 0.666. The third kappa shape index (κ3) is 5.22. The first-order valence-electron chi connectivity index (χ1n) is 9.80. The molecule has 0 atom stereocenters. The number of benzene rings is 2. The molecule has 6 nitrogen and oxygen atoms in total. The van der Waals surface area contributed by atoms with E-state index in [0.717, 1.165) is 37.1 Å². The molecule has 29 heavy (non-hydrogen) atoms. The van der Waals surface area contributed by atoms with E-state index in [1.54, 1.807) is 0 Å². The summed E-state index contributed by atoms with van der Waals surface area (Å²) in [5, 5.41) is 7.74. The van der Waals surface area contributed by atoms with Gasteiger partial charge in [0.2, 0.25) is 17.6 Å². The maximum absolute atomic E-state index is 12.4. The second-order valence-corrected chi connectivity index (χ2v) is 7.71. The second kappa shape index (κ2) is 9.20. The Hall–Kier alpha value is -2.70. The third-order valence-electron chi connectivity index (χ3n) is 5.18. The van der Waals surface area contributed by atoms with E-state index in [2.05, 4.69) is 20.4 Å². The molecule has 0 aliphatic carbocycles. The minimum atomic E-state index is 0.0552. The number of carbonyl (C=O) groups is 1. The molecule has 0 unspecified atom stereocenters. The molecule has 2 heterocycles. The Morgan fingerprint density at radius 3 is 2.69 bits per heavy atom. The molecule has 1 aliphatic rings. The highest BCUT2D eigenvalue weighted by Crippen LogP contribution is 2.22. The molecule has 1 saturated heterocycles. The van der Waals surface area contributed by atoms with E-state index in [1.165, 1.54) is 0 Å². The summed E-state index contributed by atoms with van der Waals surface area (Å²) in [5.74, 6) is 1.30. The van der Waals surface area contributed by atoms with Gasteiger partial charge in [0.1, 0.15) is 0 Å². The smallest absolute Gasteiger partial charge is 0.241 e. The molecule has 4 rings (SSSR count). The van der Waals surface area contributed by atoms with Crippen molar-refractivity contribution in [2.24, 2.45) is 5.92 Å². The standard InChI is InChI=1S/C22H23ClN4O2/c23-19-8-4-7-18(13-19)21-25-20(29-26-21)15-27-11-9-17(10-12-27)22(28)24-14-16-5-2-1-3-6-16/h1-8,13,17H,9-12,14-15H2,(H,24,28). The lowest BCUT2D eigenvalue weighted by Gasteiger charge is -2.30. The number of aromatic nitrogens is 2. The average Bonchev–Trinajstić information content (AvgIpc) is 3.22. The molecule has 0 spiro atoms. The number of nitrogens with one attached hydrogen (secondary N) is 1. The molecule has 0 radical (unpaired) electrons. The van der Waals surface area contributed by atoms with Gasteiger partial charge in [-0.05, 0) is 43.6 Å². The first kappa shape index (κ1) is 19.6. The van der Waals surface area contributed by atoms with Crippen LogP contribution in [0.5, 0.6) is 0 Å². The van der Waals surface area contributed by atoms with Crippen LogP contribution in [-0.2, 0) is 17.9 Å². The Morgan fingerprint density at radius 1 is 1.14 bits per heavy atom. The fraction of sp³-hybridized carbons (Fsp3) is 0.318. The van der Waals surface area contributed by atoms with Crippen LogP contribution in [0.3, 0.4) is 0 Å². The molecular weight excluding hydrogens is 388 g/mol. The van der Waals surface area contributed by atoms with Crippen molar-refractivity contribution >= 4 is 17.5 Å². The average molecular weight is 411 g/mol. The molecule has 7 heteroatoms. The minimum Gasteiger partial charge on any atom is -0.352 e. The van der Waals surface area contributed by atoms with Crippen molar-refractivity contribution in [3.63, 3.8) is 0 Å². The van der Waals surface area contributed by atoms with Crippen LogP contribution < -0.4 is 5.32 Å². The van der Waals surface area contributed by atoms with Gasteiger partial charge in [-0.15, -0.1) is 0 Å². The van der Waals surface area contributed by atoms with Crippen LogP contribution in [0.15, 0.2) is 59.1 Å². The van der Waals surface area contributed by atoms with Crippen LogP contribution in [0.1, 0.15) is 24.3 Å². The van der Waals surface area contributed by atoms with Crippen molar-refractivity contribution in [3.05, 3.63) is 71.1 Å². The Morgan fingerprint density at radius 2 is 1.93 bits per heavy atom. The Kier molecular flexibility index (Phi) is 6.22. The lowest BCUT2D eigenvalue weighted by Crippen LogP contribution is -2.40. The van der Waals surface area contributed by atoms with Crippen molar-refractivity contribution in [2.45, 2.75) is 25.9 Å². The number of hydrogen-bond acceptors (Lipinski definition) is 5. The van der Waals surface area contributed by atoms with E-state index in [9.17, 15) is 4.79 Å². The number of hydrogen-bond donors (Lipinski definition) is 1. The normalized spacial score (nSPS) is 15.3. The maximum atomic E-state index is 12.4. The van der Waals surface area contributed by atoms with E-state index in [1.807, 2.05) is 54.6 Å². The van der Waals surface area contributed by atoms with E-state index in [4.69, 9.17) is 16.1 Å².